The lowest BCUT2D eigenvalue weighted by Crippen LogP contribution is -2.35. The monoisotopic (exact) mass is 295 g/mol. The lowest BCUT2D eigenvalue weighted by atomic mass is 9.85. The summed E-state index contributed by atoms with van der Waals surface area (Å²) in [7, 11) is 2.07. The third-order valence-electron chi connectivity index (χ3n) is 3.27. The van der Waals surface area contributed by atoms with Crippen molar-refractivity contribution in [1.82, 2.24) is 19.6 Å². The van der Waals surface area contributed by atoms with Crippen LogP contribution >= 0.6 is 15.9 Å². The van der Waals surface area contributed by atoms with Crippen LogP contribution in [0, 0.1) is 5.92 Å². The summed E-state index contributed by atoms with van der Waals surface area (Å²) in [6.07, 6.45) is 7.85. The Kier molecular flexibility index (Phi) is 2.74. The zero-order chi connectivity index (χ0) is 11.8. The molecule has 3 rings (SSSR count). The van der Waals surface area contributed by atoms with Crippen molar-refractivity contribution in [1.29, 1.82) is 0 Å². The summed E-state index contributed by atoms with van der Waals surface area (Å²) in [6.45, 7) is 1.03. The predicted octanol–water partition coefficient (Wildman–Crippen LogP) is 1.73. The number of nitrogens with zero attached hydrogens (tertiary/aromatic N) is 5. The van der Waals surface area contributed by atoms with Crippen molar-refractivity contribution in [3.8, 4) is 0 Å². The average molecular weight is 296 g/mol. The van der Waals surface area contributed by atoms with Crippen LogP contribution in [-0.4, -0.2) is 38.0 Å². The van der Waals surface area contributed by atoms with E-state index in [1.165, 1.54) is 12.8 Å². The highest BCUT2D eigenvalue weighted by molar-refractivity contribution is 9.09. The minimum absolute atomic E-state index is 0.706. The Morgan fingerprint density at radius 2 is 2.35 bits per heavy atom. The molecule has 5 nitrogen and oxygen atoms in total. The SMILES string of the molecule is CN(CC1CC(Br)C1)c1nccn2cnnc12. The molecule has 0 aliphatic heterocycles. The first-order valence-electron chi connectivity index (χ1n) is 5.73. The fourth-order valence-electron chi connectivity index (χ4n) is 2.29. The van der Waals surface area contributed by atoms with Gasteiger partial charge in [-0.15, -0.1) is 10.2 Å². The Morgan fingerprint density at radius 3 is 3.12 bits per heavy atom. The van der Waals surface area contributed by atoms with Gasteiger partial charge < -0.3 is 4.90 Å². The highest BCUT2D eigenvalue weighted by atomic mass is 79.9. The summed E-state index contributed by atoms with van der Waals surface area (Å²) in [5.41, 5.74) is 0.824. The lowest BCUT2D eigenvalue weighted by Gasteiger charge is -2.34. The number of hydrogen-bond acceptors (Lipinski definition) is 4. The Morgan fingerprint density at radius 1 is 1.53 bits per heavy atom. The highest BCUT2D eigenvalue weighted by Gasteiger charge is 2.28. The molecule has 0 unspecified atom stereocenters. The smallest absolute Gasteiger partial charge is 0.203 e. The van der Waals surface area contributed by atoms with Gasteiger partial charge in [0, 0.05) is 30.8 Å². The second-order valence-electron chi connectivity index (χ2n) is 4.63. The highest BCUT2D eigenvalue weighted by Crippen LogP contribution is 2.34. The molecular formula is C11H14BrN5. The minimum atomic E-state index is 0.706. The van der Waals surface area contributed by atoms with Crippen LogP contribution in [0.1, 0.15) is 12.8 Å². The maximum atomic E-state index is 4.40. The van der Waals surface area contributed by atoms with Gasteiger partial charge in [0.1, 0.15) is 6.33 Å². The minimum Gasteiger partial charge on any atom is -0.356 e. The predicted molar refractivity (Wildman–Crippen MR) is 69.5 cm³/mol. The number of rotatable bonds is 3. The molecule has 1 fully saturated rings. The normalized spacial score (nSPS) is 23.6. The molecule has 0 amide bonds. The number of anilines is 1. The molecule has 0 saturated heterocycles. The van der Waals surface area contributed by atoms with Crippen molar-refractivity contribution in [2.24, 2.45) is 5.92 Å². The van der Waals surface area contributed by atoms with Crippen LogP contribution in [0.15, 0.2) is 18.7 Å². The molecule has 1 aliphatic rings. The molecule has 0 aromatic carbocycles. The molecule has 2 aromatic rings. The average Bonchev–Trinajstić information content (AvgIpc) is 2.74. The van der Waals surface area contributed by atoms with Crippen molar-refractivity contribution < 1.29 is 0 Å². The van der Waals surface area contributed by atoms with E-state index in [0.717, 1.165) is 23.9 Å². The van der Waals surface area contributed by atoms with Gasteiger partial charge in [-0.05, 0) is 18.8 Å². The van der Waals surface area contributed by atoms with Crippen molar-refractivity contribution >= 4 is 27.4 Å². The molecule has 1 aliphatic carbocycles. The first-order valence-corrected chi connectivity index (χ1v) is 6.65. The van der Waals surface area contributed by atoms with Gasteiger partial charge >= 0.3 is 0 Å². The van der Waals surface area contributed by atoms with Gasteiger partial charge in [-0.3, -0.25) is 4.40 Å². The lowest BCUT2D eigenvalue weighted by molar-refractivity contribution is 0.338. The second-order valence-corrected chi connectivity index (χ2v) is 5.92. The van der Waals surface area contributed by atoms with Crippen LogP contribution < -0.4 is 4.90 Å². The summed E-state index contributed by atoms with van der Waals surface area (Å²) in [6, 6.07) is 0. The van der Waals surface area contributed by atoms with E-state index < -0.39 is 0 Å². The van der Waals surface area contributed by atoms with E-state index >= 15 is 0 Å². The van der Waals surface area contributed by atoms with Crippen molar-refractivity contribution in [2.75, 3.05) is 18.5 Å². The fraction of sp³-hybridized carbons (Fsp3) is 0.545. The number of aromatic nitrogens is 4. The Hall–Kier alpha value is -1.17. The van der Waals surface area contributed by atoms with E-state index in [9.17, 15) is 0 Å². The van der Waals surface area contributed by atoms with E-state index in [1.54, 1.807) is 12.5 Å². The first kappa shape index (κ1) is 11.0. The van der Waals surface area contributed by atoms with Gasteiger partial charge in [0.05, 0.1) is 0 Å². The van der Waals surface area contributed by atoms with Gasteiger partial charge in [-0.1, -0.05) is 15.9 Å². The number of hydrogen-bond donors (Lipinski definition) is 0. The van der Waals surface area contributed by atoms with Crippen LogP contribution in [0.3, 0.4) is 0 Å². The Bertz CT molecular complexity index is 519. The Balaban J connectivity index is 1.80. The fourth-order valence-corrected chi connectivity index (χ4v) is 3.35. The maximum Gasteiger partial charge on any atom is 0.203 e. The standard InChI is InChI=1S/C11H14BrN5/c1-16(6-8-4-9(12)5-8)10-11-15-14-7-17(11)3-2-13-10/h2-3,7-9H,4-6H2,1H3. The quantitative estimate of drug-likeness (QED) is 0.809. The molecule has 17 heavy (non-hydrogen) atoms. The Labute approximate surface area is 108 Å². The molecule has 0 radical (unpaired) electrons. The third kappa shape index (κ3) is 2.01. The molecule has 0 spiro atoms. The largest absolute Gasteiger partial charge is 0.356 e. The van der Waals surface area contributed by atoms with Crippen LogP contribution in [0.25, 0.3) is 5.65 Å². The molecule has 1 saturated carbocycles. The van der Waals surface area contributed by atoms with Gasteiger partial charge in [0.25, 0.3) is 0 Å². The van der Waals surface area contributed by atoms with Crippen LogP contribution in [0.5, 0.6) is 0 Å². The van der Waals surface area contributed by atoms with Gasteiger partial charge in [-0.25, -0.2) is 4.98 Å². The van der Waals surface area contributed by atoms with Gasteiger partial charge in [0.2, 0.25) is 5.65 Å². The van der Waals surface area contributed by atoms with E-state index in [4.69, 9.17) is 0 Å². The molecule has 2 heterocycles. The number of halogens is 1. The van der Waals surface area contributed by atoms with Crippen molar-refractivity contribution in [2.45, 2.75) is 17.7 Å². The summed E-state index contributed by atoms with van der Waals surface area (Å²) >= 11 is 3.62. The van der Waals surface area contributed by atoms with Gasteiger partial charge in [0.15, 0.2) is 5.82 Å². The molecule has 0 atom stereocenters. The topological polar surface area (TPSA) is 46.3 Å². The second kappa shape index (κ2) is 4.25. The summed E-state index contributed by atoms with van der Waals surface area (Å²) < 4.78 is 1.90. The first-order chi connectivity index (χ1) is 8.24. The molecule has 2 aromatic heterocycles. The van der Waals surface area contributed by atoms with Crippen molar-refractivity contribution in [3.63, 3.8) is 0 Å². The summed E-state index contributed by atoms with van der Waals surface area (Å²) in [5.74, 6) is 1.66. The van der Waals surface area contributed by atoms with Crippen LogP contribution in [0.4, 0.5) is 5.82 Å². The van der Waals surface area contributed by atoms with Gasteiger partial charge in [-0.2, -0.15) is 0 Å². The van der Waals surface area contributed by atoms with Crippen molar-refractivity contribution in [3.05, 3.63) is 18.7 Å². The molecule has 90 valence electrons. The number of alkyl halides is 1. The van der Waals surface area contributed by atoms with E-state index in [-0.39, 0.29) is 0 Å². The molecule has 0 bridgehead atoms. The van der Waals surface area contributed by atoms with E-state index in [0.29, 0.717) is 4.83 Å². The molecule has 6 heteroatoms. The van der Waals surface area contributed by atoms with Crippen LogP contribution in [-0.2, 0) is 0 Å². The molecule has 0 N–H and O–H groups in total. The summed E-state index contributed by atoms with van der Waals surface area (Å²) in [5, 5.41) is 8.01. The van der Waals surface area contributed by atoms with E-state index in [1.807, 2.05) is 10.6 Å². The third-order valence-corrected chi connectivity index (χ3v) is 4.02. The molecular weight excluding hydrogens is 282 g/mol. The van der Waals surface area contributed by atoms with Crippen LogP contribution in [0.2, 0.25) is 0 Å². The maximum absolute atomic E-state index is 4.40. The summed E-state index contributed by atoms with van der Waals surface area (Å²) in [4.78, 5) is 7.28. The van der Waals surface area contributed by atoms with E-state index in [2.05, 4.69) is 43.1 Å². The zero-order valence-corrected chi connectivity index (χ0v) is 11.2. The zero-order valence-electron chi connectivity index (χ0n) is 9.62. The number of fused-ring (bicyclic) bond motifs is 1.